The number of hydrogen-bond acceptors (Lipinski definition) is 2. The van der Waals surface area contributed by atoms with Crippen molar-refractivity contribution in [1.82, 2.24) is 4.90 Å². The van der Waals surface area contributed by atoms with E-state index in [4.69, 9.17) is 16.3 Å². The van der Waals surface area contributed by atoms with Gasteiger partial charge in [-0.1, -0.05) is 48.0 Å². The number of carbonyl (C=O) groups is 1. The van der Waals surface area contributed by atoms with Crippen molar-refractivity contribution in [3.05, 3.63) is 64.7 Å². The summed E-state index contributed by atoms with van der Waals surface area (Å²) in [5.41, 5.74) is 1.83. The van der Waals surface area contributed by atoms with Gasteiger partial charge < -0.3 is 9.64 Å². The maximum Gasteiger partial charge on any atom is 0.227 e. The number of methoxy groups -OCH3 is 1. The van der Waals surface area contributed by atoms with Crippen molar-refractivity contribution in [2.75, 3.05) is 14.2 Å². The lowest BCUT2D eigenvalue weighted by atomic mass is 10.0. The SMILES string of the molecule is COc1ccccc1C(C)N(C)C(=O)Cc1ccccc1Cl. The minimum atomic E-state index is -0.0777. The molecule has 0 fully saturated rings. The number of halogens is 1. The number of ether oxygens (including phenoxy) is 1. The fourth-order valence-electron chi connectivity index (χ4n) is 2.37. The van der Waals surface area contributed by atoms with Crippen molar-refractivity contribution in [2.24, 2.45) is 0 Å². The summed E-state index contributed by atoms with van der Waals surface area (Å²) < 4.78 is 5.37. The van der Waals surface area contributed by atoms with Gasteiger partial charge in [-0.2, -0.15) is 0 Å². The van der Waals surface area contributed by atoms with E-state index in [1.807, 2.05) is 49.4 Å². The molecular weight excluding hydrogens is 298 g/mol. The van der Waals surface area contributed by atoms with Crippen molar-refractivity contribution >= 4 is 17.5 Å². The number of amides is 1. The van der Waals surface area contributed by atoms with E-state index in [2.05, 4.69) is 0 Å². The molecule has 3 nitrogen and oxygen atoms in total. The maximum atomic E-state index is 12.5. The van der Waals surface area contributed by atoms with Crippen LogP contribution in [0, 0.1) is 0 Å². The zero-order valence-corrected chi connectivity index (χ0v) is 13.8. The van der Waals surface area contributed by atoms with E-state index >= 15 is 0 Å². The molecule has 22 heavy (non-hydrogen) atoms. The highest BCUT2D eigenvalue weighted by Gasteiger charge is 2.20. The molecule has 0 heterocycles. The molecule has 0 aromatic heterocycles. The van der Waals surface area contributed by atoms with Crippen LogP contribution in [0.2, 0.25) is 5.02 Å². The number of likely N-dealkylation sites (N-methyl/N-ethyl adjacent to an activating group) is 1. The van der Waals surface area contributed by atoms with Gasteiger partial charge >= 0.3 is 0 Å². The standard InChI is InChI=1S/C18H20ClNO2/c1-13(15-9-5-7-11-17(15)22-3)20(2)18(21)12-14-8-4-6-10-16(14)19/h4-11,13H,12H2,1-3H3. The maximum absolute atomic E-state index is 12.5. The molecule has 0 N–H and O–H groups in total. The highest BCUT2D eigenvalue weighted by Crippen LogP contribution is 2.28. The second-order valence-corrected chi connectivity index (χ2v) is 5.60. The average Bonchev–Trinajstić information content (AvgIpc) is 2.55. The smallest absolute Gasteiger partial charge is 0.227 e. The van der Waals surface area contributed by atoms with Gasteiger partial charge in [0, 0.05) is 17.6 Å². The first kappa shape index (κ1) is 16.4. The van der Waals surface area contributed by atoms with Gasteiger partial charge in [-0.05, 0) is 24.6 Å². The summed E-state index contributed by atoms with van der Waals surface area (Å²) in [6, 6.07) is 15.1. The monoisotopic (exact) mass is 317 g/mol. The molecule has 0 aliphatic carbocycles. The number of para-hydroxylation sites is 1. The van der Waals surface area contributed by atoms with E-state index < -0.39 is 0 Å². The van der Waals surface area contributed by atoms with Crippen molar-refractivity contribution in [3.8, 4) is 5.75 Å². The molecule has 1 atom stereocenters. The Kier molecular flexibility index (Phi) is 5.45. The second kappa shape index (κ2) is 7.32. The molecular formula is C18H20ClNO2. The van der Waals surface area contributed by atoms with Crippen LogP contribution < -0.4 is 4.74 Å². The van der Waals surface area contributed by atoms with Gasteiger partial charge in [0.25, 0.3) is 0 Å². The summed E-state index contributed by atoms with van der Waals surface area (Å²) >= 11 is 6.13. The van der Waals surface area contributed by atoms with Gasteiger partial charge in [0.1, 0.15) is 5.75 Å². The van der Waals surface area contributed by atoms with Gasteiger partial charge in [0.05, 0.1) is 19.6 Å². The lowest BCUT2D eigenvalue weighted by Gasteiger charge is -2.26. The van der Waals surface area contributed by atoms with Crippen LogP contribution in [0.5, 0.6) is 5.75 Å². The molecule has 0 bridgehead atoms. The topological polar surface area (TPSA) is 29.5 Å². The van der Waals surface area contributed by atoms with Crippen LogP contribution in [0.15, 0.2) is 48.5 Å². The van der Waals surface area contributed by atoms with Crippen LogP contribution in [0.4, 0.5) is 0 Å². The van der Waals surface area contributed by atoms with Gasteiger partial charge in [-0.15, -0.1) is 0 Å². The predicted molar refractivity (Wildman–Crippen MR) is 89.3 cm³/mol. The van der Waals surface area contributed by atoms with E-state index in [0.29, 0.717) is 5.02 Å². The quantitative estimate of drug-likeness (QED) is 0.830. The molecule has 0 saturated heterocycles. The third-order valence-electron chi connectivity index (χ3n) is 3.86. The zero-order valence-electron chi connectivity index (χ0n) is 13.0. The van der Waals surface area contributed by atoms with Crippen LogP contribution in [0.25, 0.3) is 0 Å². The first-order valence-electron chi connectivity index (χ1n) is 7.16. The Bertz CT molecular complexity index is 657. The Morgan fingerprint density at radius 3 is 2.50 bits per heavy atom. The third kappa shape index (κ3) is 3.60. The highest BCUT2D eigenvalue weighted by molar-refractivity contribution is 6.31. The molecule has 2 aromatic carbocycles. The Morgan fingerprint density at radius 2 is 1.82 bits per heavy atom. The summed E-state index contributed by atoms with van der Waals surface area (Å²) in [7, 11) is 3.44. The molecule has 0 radical (unpaired) electrons. The second-order valence-electron chi connectivity index (χ2n) is 5.19. The zero-order chi connectivity index (χ0) is 16.1. The van der Waals surface area contributed by atoms with Crippen LogP contribution in [0.3, 0.4) is 0 Å². The Balaban J connectivity index is 2.15. The Labute approximate surface area is 136 Å². The van der Waals surface area contributed by atoms with Crippen molar-refractivity contribution < 1.29 is 9.53 Å². The molecule has 4 heteroatoms. The third-order valence-corrected chi connectivity index (χ3v) is 4.23. The van der Waals surface area contributed by atoms with E-state index in [-0.39, 0.29) is 18.4 Å². The average molecular weight is 318 g/mol. The van der Waals surface area contributed by atoms with Gasteiger partial charge in [0.15, 0.2) is 0 Å². The van der Waals surface area contributed by atoms with Gasteiger partial charge in [-0.3, -0.25) is 4.79 Å². The minimum absolute atomic E-state index is 0.0199. The van der Waals surface area contributed by atoms with Crippen molar-refractivity contribution in [2.45, 2.75) is 19.4 Å². The molecule has 0 spiro atoms. The van der Waals surface area contributed by atoms with Gasteiger partial charge in [-0.25, -0.2) is 0 Å². The minimum Gasteiger partial charge on any atom is -0.496 e. The van der Waals surface area contributed by atoms with Crippen molar-refractivity contribution in [1.29, 1.82) is 0 Å². The predicted octanol–water partition coefficient (Wildman–Crippen LogP) is 4.11. The Morgan fingerprint density at radius 1 is 1.18 bits per heavy atom. The van der Waals surface area contributed by atoms with Crippen LogP contribution >= 0.6 is 11.6 Å². The molecule has 0 aliphatic rings. The summed E-state index contributed by atoms with van der Waals surface area (Å²) in [5.74, 6) is 0.805. The van der Waals surface area contributed by atoms with Crippen LogP contribution in [-0.2, 0) is 11.2 Å². The number of carbonyl (C=O) groups excluding carboxylic acids is 1. The van der Waals surface area contributed by atoms with Crippen molar-refractivity contribution in [3.63, 3.8) is 0 Å². The number of nitrogens with zero attached hydrogens (tertiary/aromatic N) is 1. The fourth-order valence-corrected chi connectivity index (χ4v) is 2.57. The highest BCUT2D eigenvalue weighted by atomic mass is 35.5. The summed E-state index contributed by atoms with van der Waals surface area (Å²) in [6.45, 7) is 1.99. The first-order chi connectivity index (χ1) is 10.5. The lowest BCUT2D eigenvalue weighted by Crippen LogP contribution is -2.31. The largest absolute Gasteiger partial charge is 0.496 e. The van der Waals surface area contributed by atoms with Crippen LogP contribution in [-0.4, -0.2) is 25.0 Å². The normalized spacial score (nSPS) is 11.8. The lowest BCUT2D eigenvalue weighted by molar-refractivity contribution is -0.131. The molecule has 2 aromatic rings. The van der Waals surface area contributed by atoms with E-state index in [1.165, 1.54) is 0 Å². The summed E-state index contributed by atoms with van der Waals surface area (Å²) in [6.07, 6.45) is 0.287. The first-order valence-corrected chi connectivity index (χ1v) is 7.54. The van der Waals surface area contributed by atoms with Crippen LogP contribution in [0.1, 0.15) is 24.1 Å². The molecule has 0 aliphatic heterocycles. The summed E-state index contributed by atoms with van der Waals surface area (Å²) in [5, 5.41) is 0.620. The van der Waals surface area contributed by atoms with Gasteiger partial charge in [0.2, 0.25) is 5.91 Å². The fraction of sp³-hybridized carbons (Fsp3) is 0.278. The van der Waals surface area contributed by atoms with E-state index in [0.717, 1.165) is 16.9 Å². The molecule has 116 valence electrons. The molecule has 1 amide bonds. The number of rotatable bonds is 5. The Hall–Kier alpha value is -2.00. The van der Waals surface area contributed by atoms with E-state index in [1.54, 1.807) is 25.1 Å². The molecule has 2 rings (SSSR count). The molecule has 0 saturated carbocycles. The molecule has 1 unspecified atom stereocenters. The summed E-state index contributed by atoms with van der Waals surface area (Å²) in [4.78, 5) is 14.2. The number of benzene rings is 2. The number of hydrogen-bond donors (Lipinski definition) is 0. The van der Waals surface area contributed by atoms with E-state index in [9.17, 15) is 4.79 Å².